The Morgan fingerprint density at radius 1 is 0.960 bits per heavy atom. The van der Waals surface area contributed by atoms with Crippen LogP contribution in [0.4, 0.5) is 5.69 Å². The number of hydrogen-bond donors (Lipinski definition) is 0. The molecule has 8 heteroatoms. The van der Waals surface area contributed by atoms with E-state index in [4.69, 9.17) is 27.9 Å². The fourth-order valence-corrected chi connectivity index (χ4v) is 4.64. The van der Waals surface area contributed by atoms with Crippen LogP contribution in [0.15, 0.2) is 47.4 Å². The van der Waals surface area contributed by atoms with Gasteiger partial charge >= 0.3 is 0 Å². The molecule has 0 spiro atoms. The molecule has 134 valence electrons. The second-order valence-corrected chi connectivity index (χ2v) is 8.36. The van der Waals surface area contributed by atoms with Gasteiger partial charge in [0.1, 0.15) is 5.75 Å². The van der Waals surface area contributed by atoms with Crippen LogP contribution in [0.3, 0.4) is 0 Å². The summed E-state index contributed by atoms with van der Waals surface area (Å²) in [5, 5.41) is 0.989. The zero-order chi connectivity index (χ0) is 18.0. The lowest BCUT2D eigenvalue weighted by Crippen LogP contribution is -2.48. The molecule has 1 saturated heterocycles. The molecule has 0 bridgehead atoms. The lowest BCUT2D eigenvalue weighted by atomic mass is 10.2. The summed E-state index contributed by atoms with van der Waals surface area (Å²) in [5.41, 5.74) is 0.829. The average molecular weight is 401 g/mol. The Bertz CT molecular complexity index is 849. The molecule has 3 rings (SSSR count). The highest BCUT2D eigenvalue weighted by molar-refractivity contribution is 7.89. The van der Waals surface area contributed by atoms with Crippen LogP contribution in [-0.2, 0) is 10.0 Å². The lowest BCUT2D eigenvalue weighted by Gasteiger charge is -2.35. The molecule has 0 saturated carbocycles. The van der Waals surface area contributed by atoms with Crippen LogP contribution >= 0.6 is 23.2 Å². The highest BCUT2D eigenvalue weighted by atomic mass is 35.5. The van der Waals surface area contributed by atoms with E-state index in [0.717, 1.165) is 5.69 Å². The zero-order valence-electron chi connectivity index (χ0n) is 13.7. The maximum Gasteiger partial charge on any atom is 0.243 e. The summed E-state index contributed by atoms with van der Waals surface area (Å²) in [6, 6.07) is 11.9. The van der Waals surface area contributed by atoms with Crippen LogP contribution in [-0.4, -0.2) is 46.0 Å². The summed E-state index contributed by atoms with van der Waals surface area (Å²) in [6.07, 6.45) is 0. The predicted octanol–water partition coefficient (Wildman–Crippen LogP) is 3.51. The number of sulfonamides is 1. The Morgan fingerprint density at radius 2 is 1.60 bits per heavy atom. The van der Waals surface area contributed by atoms with Gasteiger partial charge in [-0.3, -0.25) is 0 Å². The zero-order valence-corrected chi connectivity index (χ0v) is 16.0. The van der Waals surface area contributed by atoms with Gasteiger partial charge in [0, 0.05) is 26.2 Å². The second-order valence-electron chi connectivity index (χ2n) is 5.64. The molecular weight excluding hydrogens is 383 g/mol. The Kier molecular flexibility index (Phi) is 5.43. The van der Waals surface area contributed by atoms with E-state index >= 15 is 0 Å². The van der Waals surface area contributed by atoms with Gasteiger partial charge < -0.3 is 9.64 Å². The molecule has 2 aromatic carbocycles. The summed E-state index contributed by atoms with van der Waals surface area (Å²) < 4.78 is 32.1. The number of halogens is 2. The Morgan fingerprint density at radius 3 is 2.20 bits per heavy atom. The summed E-state index contributed by atoms with van der Waals surface area (Å²) in [4.78, 5) is 2.32. The first kappa shape index (κ1) is 18.3. The standard InChI is InChI=1S/C17H18Cl2N2O3S/c1-24-13-5-7-14(8-6-13)25(22,23)21-11-9-20(10-12-21)16-4-2-3-15(18)17(16)19/h2-8H,9-12H2,1H3. The van der Waals surface area contributed by atoms with Crippen molar-refractivity contribution in [1.82, 2.24) is 4.31 Å². The van der Waals surface area contributed by atoms with Crippen molar-refractivity contribution in [1.29, 1.82) is 0 Å². The van der Waals surface area contributed by atoms with Gasteiger partial charge in [0.15, 0.2) is 0 Å². The van der Waals surface area contributed by atoms with Gasteiger partial charge in [-0.05, 0) is 36.4 Å². The first-order chi connectivity index (χ1) is 11.9. The SMILES string of the molecule is COc1ccc(S(=O)(=O)N2CCN(c3cccc(Cl)c3Cl)CC2)cc1. The van der Waals surface area contributed by atoms with Crippen molar-refractivity contribution < 1.29 is 13.2 Å². The van der Waals surface area contributed by atoms with Gasteiger partial charge in [0.2, 0.25) is 10.0 Å². The van der Waals surface area contributed by atoms with E-state index in [1.807, 2.05) is 17.0 Å². The van der Waals surface area contributed by atoms with Crippen molar-refractivity contribution >= 4 is 38.9 Å². The maximum atomic E-state index is 12.8. The van der Waals surface area contributed by atoms with Gasteiger partial charge in [-0.1, -0.05) is 29.3 Å². The molecule has 25 heavy (non-hydrogen) atoms. The third kappa shape index (κ3) is 3.72. The minimum absolute atomic E-state index is 0.266. The number of hydrogen-bond acceptors (Lipinski definition) is 4. The molecule has 0 aromatic heterocycles. The number of ether oxygens (including phenoxy) is 1. The van der Waals surface area contributed by atoms with Crippen LogP contribution < -0.4 is 9.64 Å². The van der Waals surface area contributed by atoms with E-state index in [-0.39, 0.29) is 4.90 Å². The Balaban J connectivity index is 1.73. The van der Waals surface area contributed by atoms with Crippen LogP contribution in [0.1, 0.15) is 0 Å². The number of piperazine rings is 1. The van der Waals surface area contributed by atoms with Gasteiger partial charge in [0.05, 0.1) is 27.7 Å². The van der Waals surface area contributed by atoms with E-state index in [1.54, 1.807) is 37.4 Å². The molecule has 1 aliphatic rings. The van der Waals surface area contributed by atoms with Gasteiger partial charge in [-0.15, -0.1) is 0 Å². The van der Waals surface area contributed by atoms with Crippen LogP contribution in [0, 0.1) is 0 Å². The number of rotatable bonds is 4. The summed E-state index contributed by atoms with van der Waals surface area (Å²) in [5.74, 6) is 0.624. The number of methoxy groups -OCH3 is 1. The first-order valence-corrected chi connectivity index (χ1v) is 9.96. The van der Waals surface area contributed by atoms with Crippen LogP contribution in [0.25, 0.3) is 0 Å². The molecule has 0 radical (unpaired) electrons. The minimum atomic E-state index is -3.52. The number of anilines is 1. The molecule has 0 amide bonds. The molecule has 2 aromatic rings. The fourth-order valence-electron chi connectivity index (χ4n) is 2.80. The lowest BCUT2D eigenvalue weighted by molar-refractivity contribution is 0.384. The van der Waals surface area contributed by atoms with Crippen molar-refractivity contribution in [2.45, 2.75) is 4.90 Å². The maximum absolute atomic E-state index is 12.8. The molecule has 1 fully saturated rings. The Hall–Kier alpha value is -1.47. The van der Waals surface area contributed by atoms with Crippen molar-refractivity contribution in [3.05, 3.63) is 52.5 Å². The van der Waals surface area contributed by atoms with Crippen LogP contribution in [0.2, 0.25) is 10.0 Å². The smallest absolute Gasteiger partial charge is 0.243 e. The summed E-state index contributed by atoms with van der Waals surface area (Å²) in [6.45, 7) is 1.87. The van der Waals surface area contributed by atoms with Crippen LogP contribution in [0.5, 0.6) is 5.75 Å². The van der Waals surface area contributed by atoms with E-state index in [1.165, 1.54) is 4.31 Å². The van der Waals surface area contributed by atoms with Crippen molar-refractivity contribution in [3.63, 3.8) is 0 Å². The van der Waals surface area contributed by atoms with E-state index in [2.05, 4.69) is 0 Å². The summed E-state index contributed by atoms with van der Waals surface area (Å²) >= 11 is 12.3. The van der Waals surface area contributed by atoms with E-state index in [9.17, 15) is 8.42 Å². The minimum Gasteiger partial charge on any atom is -0.497 e. The Labute approximate surface area is 157 Å². The quantitative estimate of drug-likeness (QED) is 0.787. The largest absolute Gasteiger partial charge is 0.497 e. The number of nitrogens with zero attached hydrogens (tertiary/aromatic N) is 2. The third-order valence-electron chi connectivity index (χ3n) is 4.21. The predicted molar refractivity (Wildman–Crippen MR) is 100 cm³/mol. The molecule has 0 N–H and O–H groups in total. The van der Waals surface area contributed by atoms with Crippen molar-refractivity contribution in [2.24, 2.45) is 0 Å². The second kappa shape index (κ2) is 7.41. The van der Waals surface area contributed by atoms with Gasteiger partial charge in [0.25, 0.3) is 0 Å². The highest BCUT2D eigenvalue weighted by Gasteiger charge is 2.29. The summed E-state index contributed by atoms with van der Waals surface area (Å²) in [7, 11) is -1.97. The fraction of sp³-hybridized carbons (Fsp3) is 0.294. The van der Waals surface area contributed by atoms with Gasteiger partial charge in [-0.2, -0.15) is 4.31 Å². The highest BCUT2D eigenvalue weighted by Crippen LogP contribution is 2.33. The molecule has 0 atom stereocenters. The van der Waals surface area contributed by atoms with E-state index in [0.29, 0.717) is 42.0 Å². The van der Waals surface area contributed by atoms with Crippen molar-refractivity contribution in [3.8, 4) is 5.75 Å². The van der Waals surface area contributed by atoms with Gasteiger partial charge in [-0.25, -0.2) is 8.42 Å². The first-order valence-electron chi connectivity index (χ1n) is 7.76. The monoisotopic (exact) mass is 400 g/mol. The molecule has 0 aliphatic carbocycles. The molecular formula is C17H18Cl2N2O3S. The van der Waals surface area contributed by atoms with Crippen molar-refractivity contribution in [2.75, 3.05) is 38.2 Å². The molecule has 1 heterocycles. The molecule has 5 nitrogen and oxygen atoms in total. The molecule has 0 unspecified atom stereocenters. The third-order valence-corrected chi connectivity index (χ3v) is 6.93. The molecule has 1 aliphatic heterocycles. The average Bonchev–Trinajstić information content (AvgIpc) is 2.64. The normalized spacial score (nSPS) is 16.0. The number of benzene rings is 2. The van der Waals surface area contributed by atoms with E-state index < -0.39 is 10.0 Å². The topological polar surface area (TPSA) is 49.9 Å².